The van der Waals surface area contributed by atoms with Crippen molar-refractivity contribution in [3.63, 3.8) is 0 Å². The highest BCUT2D eigenvalue weighted by Crippen LogP contribution is 2.08. The summed E-state index contributed by atoms with van der Waals surface area (Å²) in [6.45, 7) is 2.09. The van der Waals surface area contributed by atoms with Crippen molar-refractivity contribution in [1.29, 1.82) is 0 Å². The highest BCUT2D eigenvalue weighted by molar-refractivity contribution is 5.98. The molecule has 0 unspecified atom stereocenters. The molecule has 0 atom stereocenters. The summed E-state index contributed by atoms with van der Waals surface area (Å²) in [6, 6.07) is 3.34. The molecule has 6 nitrogen and oxygen atoms in total. The van der Waals surface area contributed by atoms with Crippen LogP contribution in [0.1, 0.15) is 21.8 Å². The van der Waals surface area contributed by atoms with Crippen LogP contribution in [0.15, 0.2) is 29.0 Å². The molecule has 2 aromatic heterocycles. The number of nitrogens with one attached hydrogen (secondary N) is 1. The van der Waals surface area contributed by atoms with Crippen LogP contribution >= 0.6 is 0 Å². The number of nitrogens with zero attached hydrogens (tertiary/aromatic N) is 2. The molecule has 0 saturated carbocycles. The molecular weight excluding hydrogens is 220 g/mol. The molecule has 3 N–H and O–H groups in total. The van der Waals surface area contributed by atoms with E-state index in [4.69, 9.17) is 10.3 Å². The molecule has 0 bridgehead atoms. The number of anilines is 1. The smallest absolute Gasteiger partial charge is 0.255 e. The summed E-state index contributed by atoms with van der Waals surface area (Å²) in [4.78, 5) is 15.6. The normalized spacial score (nSPS) is 10.2. The van der Waals surface area contributed by atoms with Crippen molar-refractivity contribution in [1.82, 2.24) is 15.5 Å². The number of nitrogen functional groups attached to an aromatic ring is 1. The second-order valence-corrected chi connectivity index (χ2v) is 3.57. The van der Waals surface area contributed by atoms with Crippen LogP contribution in [-0.4, -0.2) is 16.0 Å². The Balaban J connectivity index is 2.01. The van der Waals surface area contributed by atoms with Gasteiger partial charge in [-0.05, 0) is 13.0 Å². The number of carbonyl (C=O) groups is 1. The third kappa shape index (κ3) is 2.60. The van der Waals surface area contributed by atoms with Gasteiger partial charge in [-0.2, -0.15) is 0 Å². The Morgan fingerprint density at radius 3 is 3.06 bits per heavy atom. The number of nitrogens with two attached hydrogens (primary N) is 1. The number of hydrogen-bond donors (Lipinski definition) is 2. The molecule has 0 radical (unpaired) electrons. The molecule has 0 aliphatic carbocycles. The SMILES string of the molecule is Cc1cc(CNC(=O)c2cnccc2N)no1. The fourth-order valence-electron chi connectivity index (χ4n) is 1.36. The summed E-state index contributed by atoms with van der Waals surface area (Å²) in [7, 11) is 0. The number of pyridine rings is 1. The Hall–Kier alpha value is -2.37. The Bertz CT molecular complexity index is 536. The summed E-state index contributed by atoms with van der Waals surface area (Å²) in [6.07, 6.45) is 2.96. The second kappa shape index (κ2) is 4.65. The molecular formula is C11H12N4O2. The zero-order chi connectivity index (χ0) is 12.3. The van der Waals surface area contributed by atoms with Crippen LogP contribution in [0.4, 0.5) is 5.69 Å². The lowest BCUT2D eigenvalue weighted by Gasteiger charge is -2.04. The van der Waals surface area contributed by atoms with E-state index in [-0.39, 0.29) is 5.91 Å². The van der Waals surface area contributed by atoms with Crippen molar-refractivity contribution in [3.05, 3.63) is 41.5 Å². The van der Waals surface area contributed by atoms with E-state index in [1.165, 1.54) is 12.4 Å². The van der Waals surface area contributed by atoms with Crippen LogP contribution in [-0.2, 0) is 6.54 Å². The average Bonchev–Trinajstić information content (AvgIpc) is 2.73. The first-order chi connectivity index (χ1) is 8.16. The highest BCUT2D eigenvalue weighted by atomic mass is 16.5. The number of amides is 1. The molecule has 2 rings (SSSR count). The quantitative estimate of drug-likeness (QED) is 0.819. The minimum atomic E-state index is -0.281. The Labute approximate surface area is 97.8 Å². The minimum absolute atomic E-state index is 0.281. The first kappa shape index (κ1) is 11.1. The third-order valence-electron chi connectivity index (χ3n) is 2.21. The number of hydrogen-bond acceptors (Lipinski definition) is 5. The molecule has 0 aliphatic rings. The maximum absolute atomic E-state index is 11.8. The van der Waals surface area contributed by atoms with E-state index < -0.39 is 0 Å². The summed E-state index contributed by atoms with van der Waals surface area (Å²) in [5, 5.41) is 6.46. The van der Waals surface area contributed by atoms with Gasteiger partial charge in [-0.1, -0.05) is 5.16 Å². The van der Waals surface area contributed by atoms with Gasteiger partial charge in [0.05, 0.1) is 12.1 Å². The fraction of sp³-hybridized carbons (Fsp3) is 0.182. The van der Waals surface area contributed by atoms with E-state index in [1.807, 2.05) is 0 Å². The van der Waals surface area contributed by atoms with Crippen LogP contribution in [0.2, 0.25) is 0 Å². The molecule has 17 heavy (non-hydrogen) atoms. The van der Waals surface area contributed by atoms with Gasteiger partial charge in [0.25, 0.3) is 5.91 Å². The van der Waals surface area contributed by atoms with Crippen molar-refractivity contribution < 1.29 is 9.32 Å². The average molecular weight is 232 g/mol. The van der Waals surface area contributed by atoms with Crippen molar-refractivity contribution in [3.8, 4) is 0 Å². The van der Waals surface area contributed by atoms with Gasteiger partial charge in [0.2, 0.25) is 0 Å². The zero-order valence-corrected chi connectivity index (χ0v) is 9.30. The van der Waals surface area contributed by atoms with Crippen molar-refractivity contribution in [2.75, 3.05) is 5.73 Å². The lowest BCUT2D eigenvalue weighted by atomic mass is 10.2. The van der Waals surface area contributed by atoms with Gasteiger partial charge in [0.1, 0.15) is 11.5 Å². The zero-order valence-electron chi connectivity index (χ0n) is 9.30. The van der Waals surface area contributed by atoms with Crippen LogP contribution in [0.3, 0.4) is 0 Å². The number of aryl methyl sites for hydroxylation is 1. The molecule has 0 spiro atoms. The number of rotatable bonds is 3. The van der Waals surface area contributed by atoms with Gasteiger partial charge in [-0.25, -0.2) is 0 Å². The number of aromatic nitrogens is 2. The van der Waals surface area contributed by atoms with Crippen LogP contribution < -0.4 is 11.1 Å². The summed E-state index contributed by atoms with van der Waals surface area (Å²) in [5.74, 6) is 0.423. The largest absolute Gasteiger partial charge is 0.398 e. The van der Waals surface area contributed by atoms with Gasteiger partial charge >= 0.3 is 0 Å². The first-order valence-electron chi connectivity index (χ1n) is 5.06. The van der Waals surface area contributed by atoms with Crippen LogP contribution in [0.5, 0.6) is 0 Å². The summed E-state index contributed by atoms with van der Waals surface area (Å²) < 4.78 is 4.89. The van der Waals surface area contributed by atoms with Crippen LogP contribution in [0.25, 0.3) is 0 Å². The van der Waals surface area contributed by atoms with Gasteiger partial charge in [-0.15, -0.1) is 0 Å². The maximum Gasteiger partial charge on any atom is 0.255 e. The lowest BCUT2D eigenvalue weighted by molar-refractivity contribution is 0.0950. The maximum atomic E-state index is 11.8. The molecule has 0 fully saturated rings. The topological polar surface area (TPSA) is 94.0 Å². The van der Waals surface area contributed by atoms with Gasteiger partial charge in [0, 0.05) is 24.1 Å². The lowest BCUT2D eigenvalue weighted by Crippen LogP contribution is -2.24. The predicted molar refractivity (Wildman–Crippen MR) is 61.1 cm³/mol. The molecule has 0 saturated heterocycles. The Morgan fingerprint density at radius 2 is 2.41 bits per heavy atom. The molecule has 2 heterocycles. The molecule has 1 amide bonds. The standard InChI is InChI=1S/C11H12N4O2/c1-7-4-8(15-17-7)5-14-11(16)9-6-13-3-2-10(9)12/h2-4,6H,5H2,1H3,(H2,12,13)(H,14,16). The Morgan fingerprint density at radius 1 is 1.59 bits per heavy atom. The van der Waals surface area contributed by atoms with Gasteiger partial charge in [-0.3, -0.25) is 9.78 Å². The van der Waals surface area contributed by atoms with Crippen molar-refractivity contribution >= 4 is 11.6 Å². The number of carbonyl (C=O) groups excluding carboxylic acids is 1. The monoisotopic (exact) mass is 232 g/mol. The van der Waals surface area contributed by atoms with E-state index in [0.717, 1.165) is 0 Å². The highest BCUT2D eigenvalue weighted by Gasteiger charge is 2.10. The van der Waals surface area contributed by atoms with Crippen molar-refractivity contribution in [2.24, 2.45) is 0 Å². The van der Waals surface area contributed by atoms with Gasteiger partial charge < -0.3 is 15.6 Å². The van der Waals surface area contributed by atoms with E-state index in [9.17, 15) is 4.79 Å². The van der Waals surface area contributed by atoms with Crippen molar-refractivity contribution in [2.45, 2.75) is 13.5 Å². The third-order valence-corrected chi connectivity index (χ3v) is 2.21. The first-order valence-corrected chi connectivity index (χ1v) is 5.06. The minimum Gasteiger partial charge on any atom is -0.398 e. The van der Waals surface area contributed by atoms with Gasteiger partial charge in [0.15, 0.2) is 0 Å². The Kier molecular flexibility index (Phi) is 3.04. The fourth-order valence-corrected chi connectivity index (χ4v) is 1.36. The summed E-state index contributed by atoms with van der Waals surface area (Å²) >= 11 is 0. The van der Waals surface area contributed by atoms with E-state index >= 15 is 0 Å². The summed E-state index contributed by atoms with van der Waals surface area (Å²) in [5.41, 5.74) is 7.08. The second-order valence-electron chi connectivity index (χ2n) is 3.57. The van der Waals surface area contributed by atoms with E-state index in [2.05, 4.69) is 15.5 Å². The molecule has 0 aliphatic heterocycles. The van der Waals surface area contributed by atoms with Crippen LogP contribution in [0, 0.1) is 6.92 Å². The molecule has 0 aromatic carbocycles. The van der Waals surface area contributed by atoms with E-state index in [0.29, 0.717) is 29.2 Å². The molecule has 2 aromatic rings. The molecule has 6 heteroatoms. The predicted octanol–water partition coefficient (Wildman–Crippen LogP) is 0.890. The van der Waals surface area contributed by atoms with E-state index in [1.54, 1.807) is 19.1 Å². The molecule has 88 valence electrons.